The molecule has 5 aliphatic rings. The molecule has 16 heteroatoms. The van der Waals surface area contributed by atoms with E-state index in [2.05, 4.69) is 0 Å². The Morgan fingerprint density at radius 1 is 0.915 bits per heavy atom. The van der Waals surface area contributed by atoms with Gasteiger partial charge < -0.3 is 49.2 Å². The lowest BCUT2D eigenvalue weighted by atomic mass is 9.44. The first-order valence-corrected chi connectivity index (χ1v) is 19.6. The zero-order chi connectivity index (χ0) is 43.2. The number of rotatable bonds is 8. The van der Waals surface area contributed by atoms with Gasteiger partial charge in [0.05, 0.1) is 35.6 Å². The van der Waals surface area contributed by atoms with E-state index in [4.69, 9.17) is 23.7 Å². The van der Waals surface area contributed by atoms with Crippen LogP contribution >= 0.6 is 0 Å². The van der Waals surface area contributed by atoms with Gasteiger partial charge in [0.15, 0.2) is 29.3 Å². The highest BCUT2D eigenvalue weighted by molar-refractivity contribution is 5.94. The molecule has 2 heterocycles. The van der Waals surface area contributed by atoms with Crippen LogP contribution < -0.4 is 0 Å². The van der Waals surface area contributed by atoms with Crippen LogP contribution in [0.5, 0.6) is 0 Å². The normalized spacial score (nSPS) is 36.7. The number of ether oxygens (including phenoxy) is 5. The van der Waals surface area contributed by atoms with Crippen LogP contribution in [0.3, 0.4) is 0 Å². The van der Waals surface area contributed by atoms with Crippen LogP contribution in [0.25, 0.3) is 0 Å². The van der Waals surface area contributed by atoms with Gasteiger partial charge in [-0.15, -0.1) is 0 Å². The first kappa shape index (κ1) is 42.4. The van der Waals surface area contributed by atoms with Crippen molar-refractivity contribution in [2.75, 3.05) is 6.61 Å². The van der Waals surface area contributed by atoms with E-state index in [1.165, 1.54) is 65.8 Å². The molecule has 1 amide bonds. The van der Waals surface area contributed by atoms with E-state index < -0.39 is 119 Å². The maximum absolute atomic E-state index is 15.0. The molecule has 2 saturated carbocycles. The second-order valence-corrected chi connectivity index (χ2v) is 17.6. The predicted molar refractivity (Wildman–Crippen MR) is 203 cm³/mol. The molecule has 318 valence electrons. The molecule has 2 aliphatic heterocycles. The molecule has 16 nitrogen and oxygen atoms in total. The van der Waals surface area contributed by atoms with Crippen molar-refractivity contribution < 1.29 is 73.2 Å². The first-order chi connectivity index (χ1) is 27.5. The van der Waals surface area contributed by atoms with Gasteiger partial charge >= 0.3 is 24.0 Å². The third-order valence-electron chi connectivity index (χ3n) is 13.6. The number of cyclic esters (lactones) is 1. The lowest BCUT2D eigenvalue weighted by Crippen LogP contribution is -2.81. The van der Waals surface area contributed by atoms with Gasteiger partial charge in [0.2, 0.25) is 0 Å². The molecule has 3 aliphatic carbocycles. The van der Waals surface area contributed by atoms with Gasteiger partial charge in [-0.05, 0) is 56.5 Å². The Bertz CT molecular complexity index is 2070. The zero-order valence-corrected chi connectivity index (χ0v) is 33.9. The molecular formula is C43H51NO15. The molecule has 0 unspecified atom stereocenters. The first-order valence-electron chi connectivity index (χ1n) is 19.6. The highest BCUT2D eigenvalue weighted by Gasteiger charge is 2.78. The van der Waals surface area contributed by atoms with Crippen LogP contribution in [0.4, 0.5) is 4.79 Å². The van der Waals surface area contributed by atoms with Gasteiger partial charge in [0, 0.05) is 25.2 Å². The molecule has 7 rings (SSSR count). The summed E-state index contributed by atoms with van der Waals surface area (Å²) in [7, 11) is 0. The lowest BCUT2D eigenvalue weighted by Gasteiger charge is -2.67. The van der Waals surface area contributed by atoms with Crippen molar-refractivity contribution in [2.45, 2.75) is 127 Å². The van der Waals surface area contributed by atoms with Crippen molar-refractivity contribution in [3.63, 3.8) is 0 Å². The summed E-state index contributed by atoms with van der Waals surface area (Å²) in [6.45, 7) is 9.67. The third-order valence-corrected chi connectivity index (χ3v) is 13.6. The van der Waals surface area contributed by atoms with Crippen LogP contribution in [-0.4, -0.2) is 126 Å². The molecular weight excluding hydrogens is 770 g/mol. The number of aliphatic hydroxyl groups is 5. The molecule has 4 fully saturated rings. The van der Waals surface area contributed by atoms with Gasteiger partial charge in [-0.1, -0.05) is 62.4 Å². The average Bonchev–Trinajstić information content (AvgIpc) is 3.38. The fourth-order valence-corrected chi connectivity index (χ4v) is 10.3. The maximum atomic E-state index is 15.0. The van der Waals surface area contributed by atoms with Crippen LogP contribution in [0, 0.1) is 16.7 Å². The molecule has 2 aromatic rings. The standard InChI is InChI=1S/C43H51NO15/c1-21-25(56-36(51)31(48)29(23-14-10-8-11-15-23)44-37(52)40(5,6)59-38(44)53)19-43(54)34(57-35(50)24-16-12-9-13-17-24)32-41(7,33(49)30(47)28(21)39(43,3)4)26(46)18-27-42(32,20-55-27)58-22(2)45/h8-17,25-27,29-32,34,37,46-48,52,54H,18-20H2,1-7H3/t25-,26-,27+,29-,30+,31+,32-,34-,37+,41+,42-,43+/m0/s1. The summed E-state index contributed by atoms with van der Waals surface area (Å²) < 4.78 is 29.5. The van der Waals surface area contributed by atoms with E-state index in [1.54, 1.807) is 36.4 Å². The third kappa shape index (κ3) is 6.29. The molecule has 0 radical (unpaired) electrons. The monoisotopic (exact) mass is 821 g/mol. The predicted octanol–water partition coefficient (Wildman–Crippen LogP) is 2.28. The number of benzene rings is 2. The van der Waals surface area contributed by atoms with Crippen LogP contribution in [0.15, 0.2) is 71.8 Å². The number of hydrogen-bond acceptors (Lipinski definition) is 15. The number of nitrogens with zero attached hydrogens (tertiary/aromatic N) is 1. The van der Waals surface area contributed by atoms with Crippen LogP contribution in [0.1, 0.15) is 83.3 Å². The largest absolute Gasteiger partial charge is 0.456 e. The zero-order valence-electron chi connectivity index (χ0n) is 33.9. The number of esters is 3. The number of carbonyl (C=O) groups is 5. The Labute approximate surface area is 340 Å². The Hall–Kier alpha value is -4.71. The number of aliphatic hydroxyl groups excluding tert-OH is 4. The van der Waals surface area contributed by atoms with E-state index >= 15 is 0 Å². The van der Waals surface area contributed by atoms with E-state index in [0.717, 1.165) is 11.8 Å². The second-order valence-electron chi connectivity index (χ2n) is 17.6. The molecule has 0 spiro atoms. The van der Waals surface area contributed by atoms with Gasteiger partial charge in [-0.3, -0.25) is 14.5 Å². The molecule has 12 atom stereocenters. The quantitative estimate of drug-likeness (QED) is 0.146. The summed E-state index contributed by atoms with van der Waals surface area (Å²) in [5.41, 5.74) is -8.93. The van der Waals surface area contributed by atoms with Crippen molar-refractivity contribution in [1.29, 1.82) is 0 Å². The minimum Gasteiger partial charge on any atom is -0.456 e. The summed E-state index contributed by atoms with van der Waals surface area (Å²) in [6, 6.07) is 14.2. The van der Waals surface area contributed by atoms with Crippen molar-refractivity contribution >= 4 is 29.8 Å². The highest BCUT2D eigenvalue weighted by Crippen LogP contribution is 2.64. The lowest BCUT2D eigenvalue weighted by molar-refractivity contribution is -0.346. The number of fused-ring (bicyclic) bond motifs is 5. The average molecular weight is 822 g/mol. The van der Waals surface area contributed by atoms with Gasteiger partial charge in [-0.2, -0.15) is 0 Å². The van der Waals surface area contributed by atoms with Crippen LogP contribution in [0.2, 0.25) is 0 Å². The molecule has 5 N–H and O–H groups in total. The Morgan fingerprint density at radius 3 is 2.07 bits per heavy atom. The molecule has 59 heavy (non-hydrogen) atoms. The maximum Gasteiger partial charge on any atom is 0.413 e. The number of Topliss-reactive ketones (excluding diaryl/α,β-unsaturated/α-hetero) is 1. The smallest absolute Gasteiger partial charge is 0.413 e. The minimum absolute atomic E-state index is 0.0648. The van der Waals surface area contributed by atoms with E-state index in [-0.39, 0.29) is 35.3 Å². The van der Waals surface area contributed by atoms with Crippen molar-refractivity contribution in [1.82, 2.24) is 4.90 Å². The van der Waals surface area contributed by atoms with E-state index in [0.29, 0.717) is 0 Å². The summed E-state index contributed by atoms with van der Waals surface area (Å²) in [5, 5.41) is 60.5. The molecule has 2 bridgehead atoms. The second kappa shape index (κ2) is 14.5. The van der Waals surface area contributed by atoms with Crippen molar-refractivity contribution in [3.05, 3.63) is 82.9 Å². The SMILES string of the molecule is CC(=O)O[C@@]12CO[C@@H]1C[C@H](O)[C@@]1(C)C(=O)[C@H](O)C3=C(C)[C@@H](OC(=O)[C@H](O)[C@H](c4ccccc4)N4C(=O)OC(C)(C)[C@H]4O)C[C@@](O)([C@@H](OC(=O)c4ccccc4)[C@H]21)C3(C)C. The Balaban J connectivity index is 1.37. The van der Waals surface area contributed by atoms with Crippen LogP contribution in [-0.2, 0) is 38.1 Å². The number of amides is 1. The van der Waals surface area contributed by atoms with E-state index in [9.17, 15) is 49.5 Å². The van der Waals surface area contributed by atoms with Gasteiger partial charge in [-0.25, -0.2) is 14.4 Å². The summed E-state index contributed by atoms with van der Waals surface area (Å²) in [5.74, 6) is -5.51. The van der Waals surface area contributed by atoms with Gasteiger partial charge in [0.25, 0.3) is 0 Å². The summed E-state index contributed by atoms with van der Waals surface area (Å²) in [6.07, 6.45) is -13.5. The van der Waals surface area contributed by atoms with E-state index in [1.807, 2.05) is 0 Å². The number of hydrogen-bond donors (Lipinski definition) is 5. The van der Waals surface area contributed by atoms with Crippen molar-refractivity contribution in [2.24, 2.45) is 16.7 Å². The Morgan fingerprint density at radius 2 is 1.53 bits per heavy atom. The highest BCUT2D eigenvalue weighted by atomic mass is 16.6. The van der Waals surface area contributed by atoms with Crippen molar-refractivity contribution in [3.8, 4) is 0 Å². The summed E-state index contributed by atoms with van der Waals surface area (Å²) in [4.78, 5) is 70.3. The summed E-state index contributed by atoms with van der Waals surface area (Å²) >= 11 is 0. The number of carbonyl (C=O) groups excluding carboxylic acids is 5. The molecule has 0 aromatic heterocycles. The number of ketones is 1. The fourth-order valence-electron chi connectivity index (χ4n) is 10.3. The molecule has 2 saturated heterocycles. The topological polar surface area (TPSA) is 236 Å². The fraction of sp³-hybridized carbons (Fsp3) is 0.558. The molecule has 2 aromatic carbocycles. The van der Waals surface area contributed by atoms with Gasteiger partial charge in [0.1, 0.15) is 30.0 Å². The Kier molecular flexibility index (Phi) is 10.4. The minimum atomic E-state index is -2.39.